The minimum atomic E-state index is -0.0175. The summed E-state index contributed by atoms with van der Waals surface area (Å²) in [6.45, 7) is 2.62. The lowest BCUT2D eigenvalue weighted by molar-refractivity contribution is -0.132. The minimum absolute atomic E-state index is 0.0147. The highest BCUT2D eigenvalue weighted by atomic mass is 16.6. The van der Waals surface area contributed by atoms with Crippen molar-refractivity contribution in [2.75, 3.05) is 44.9 Å². The van der Waals surface area contributed by atoms with Crippen LogP contribution in [0, 0.1) is 0 Å². The molecule has 2 aromatic rings. The lowest BCUT2D eigenvalue weighted by atomic mass is 9.98. The van der Waals surface area contributed by atoms with Crippen molar-refractivity contribution in [3.8, 4) is 11.5 Å². The van der Waals surface area contributed by atoms with Crippen LogP contribution in [0.4, 0.5) is 5.69 Å². The van der Waals surface area contributed by atoms with Crippen molar-refractivity contribution >= 4 is 17.5 Å². The predicted octanol–water partition coefficient (Wildman–Crippen LogP) is 3.16. The second-order valence-corrected chi connectivity index (χ2v) is 8.97. The molecule has 0 N–H and O–H groups in total. The number of ether oxygens (including phenoxy) is 3. The Morgan fingerprint density at radius 2 is 2.06 bits per heavy atom. The van der Waals surface area contributed by atoms with Crippen LogP contribution >= 0.6 is 0 Å². The van der Waals surface area contributed by atoms with Gasteiger partial charge in [-0.15, -0.1) is 0 Å². The van der Waals surface area contributed by atoms with Crippen LogP contribution in [-0.2, 0) is 20.7 Å². The summed E-state index contributed by atoms with van der Waals surface area (Å²) in [5.41, 5.74) is 3.20. The van der Waals surface area contributed by atoms with Crippen LogP contribution in [0.3, 0.4) is 0 Å². The van der Waals surface area contributed by atoms with E-state index >= 15 is 0 Å². The quantitative estimate of drug-likeness (QED) is 0.676. The first kappa shape index (κ1) is 21.8. The summed E-state index contributed by atoms with van der Waals surface area (Å²) in [7, 11) is 1.62. The van der Waals surface area contributed by atoms with Crippen molar-refractivity contribution < 1.29 is 23.8 Å². The number of anilines is 1. The Morgan fingerprint density at radius 1 is 1.18 bits per heavy atom. The van der Waals surface area contributed by atoms with Gasteiger partial charge in [-0.05, 0) is 42.2 Å². The maximum atomic E-state index is 13.1. The molecule has 0 unspecified atom stereocenters. The summed E-state index contributed by atoms with van der Waals surface area (Å²) in [5.74, 6) is 1.37. The van der Waals surface area contributed by atoms with Crippen molar-refractivity contribution in [1.82, 2.24) is 4.90 Å². The van der Waals surface area contributed by atoms with E-state index in [0.717, 1.165) is 30.5 Å². The zero-order valence-electron chi connectivity index (χ0n) is 19.0. The van der Waals surface area contributed by atoms with Gasteiger partial charge in [0.1, 0.15) is 12.6 Å². The molecule has 0 aliphatic carbocycles. The van der Waals surface area contributed by atoms with Crippen LogP contribution < -0.4 is 14.4 Å². The van der Waals surface area contributed by atoms with Crippen LogP contribution in [0.25, 0.3) is 0 Å². The van der Waals surface area contributed by atoms with Crippen LogP contribution in [-0.4, -0.2) is 62.8 Å². The van der Waals surface area contributed by atoms with Crippen LogP contribution in [0.2, 0.25) is 0 Å². The van der Waals surface area contributed by atoms with Crippen LogP contribution in [0.5, 0.6) is 11.5 Å². The molecule has 174 valence electrons. The molecule has 3 heterocycles. The maximum Gasteiger partial charge on any atom is 0.246 e. The summed E-state index contributed by atoms with van der Waals surface area (Å²) < 4.78 is 17.0. The zero-order valence-corrected chi connectivity index (χ0v) is 19.0. The minimum Gasteiger partial charge on any atom is -0.493 e. The van der Waals surface area contributed by atoms with Gasteiger partial charge in [-0.1, -0.05) is 24.3 Å². The number of hydrogen-bond donors (Lipinski definition) is 0. The summed E-state index contributed by atoms with van der Waals surface area (Å²) in [5, 5.41) is 0. The van der Waals surface area contributed by atoms with E-state index in [9.17, 15) is 9.59 Å². The topological polar surface area (TPSA) is 68.3 Å². The maximum absolute atomic E-state index is 13.1. The second-order valence-electron chi connectivity index (χ2n) is 8.97. The number of para-hydroxylation sites is 1. The highest BCUT2D eigenvalue weighted by molar-refractivity contribution is 5.98. The Balaban J connectivity index is 1.27. The van der Waals surface area contributed by atoms with Gasteiger partial charge in [0.05, 0.1) is 20.3 Å². The molecule has 2 saturated heterocycles. The van der Waals surface area contributed by atoms with Crippen LogP contribution in [0.1, 0.15) is 36.3 Å². The number of likely N-dealkylation sites (tertiary alicyclic amines) is 1. The number of fused-ring (bicyclic) bond motifs is 1. The number of benzene rings is 2. The Hall–Kier alpha value is -3.06. The number of hydrogen-bond acceptors (Lipinski definition) is 5. The molecule has 2 amide bonds. The number of methoxy groups -OCH3 is 1. The standard InChI is InChI=1S/C26H30N2O5/c1-31-23-9-8-19(13-24(23)33-21-10-12-32-17-21)20-14-25(29)27(15-20)16-26(30)28-11-4-6-18-5-2-3-7-22(18)28/h2-3,5,7-9,13,20-21H,4,6,10-12,14-17H2,1H3/t20-,21-/m1/s1. The lowest BCUT2D eigenvalue weighted by Gasteiger charge is -2.31. The van der Waals surface area contributed by atoms with Crippen LogP contribution in [0.15, 0.2) is 42.5 Å². The van der Waals surface area contributed by atoms with Crippen molar-refractivity contribution in [3.63, 3.8) is 0 Å². The fraction of sp³-hybridized carbons (Fsp3) is 0.462. The molecule has 7 heteroatoms. The molecule has 0 aromatic heterocycles. The molecule has 7 nitrogen and oxygen atoms in total. The Bertz CT molecular complexity index is 1030. The van der Waals surface area contributed by atoms with Crippen molar-refractivity contribution in [2.45, 2.75) is 37.7 Å². The third-order valence-electron chi connectivity index (χ3n) is 6.79. The normalized spacial score (nSPS) is 22.4. The Morgan fingerprint density at radius 3 is 2.88 bits per heavy atom. The average molecular weight is 451 g/mol. The molecule has 5 rings (SSSR count). The Labute approximate surface area is 194 Å². The molecular formula is C26H30N2O5. The monoisotopic (exact) mass is 450 g/mol. The van der Waals surface area contributed by atoms with E-state index < -0.39 is 0 Å². The summed E-state index contributed by atoms with van der Waals surface area (Å²) in [4.78, 5) is 29.4. The molecule has 0 spiro atoms. The molecule has 3 aliphatic rings. The first-order chi connectivity index (χ1) is 16.1. The molecule has 0 saturated carbocycles. The SMILES string of the molecule is COc1ccc([C@@H]2CC(=O)N(CC(=O)N3CCCc4ccccc43)C2)cc1O[C@@H]1CCOC1. The van der Waals surface area contributed by atoms with Gasteiger partial charge in [0.2, 0.25) is 11.8 Å². The third kappa shape index (κ3) is 4.55. The highest BCUT2D eigenvalue weighted by Crippen LogP contribution is 2.36. The summed E-state index contributed by atoms with van der Waals surface area (Å²) in [6.07, 6.45) is 3.19. The van der Waals surface area contributed by atoms with E-state index in [0.29, 0.717) is 44.2 Å². The van der Waals surface area contributed by atoms with E-state index in [1.807, 2.05) is 41.3 Å². The Kier molecular flexibility index (Phi) is 6.22. The third-order valence-corrected chi connectivity index (χ3v) is 6.79. The van der Waals surface area contributed by atoms with Gasteiger partial charge in [0.15, 0.2) is 11.5 Å². The molecule has 0 radical (unpaired) electrons. The van der Waals surface area contributed by atoms with Gasteiger partial charge in [-0.25, -0.2) is 0 Å². The molecule has 2 atom stereocenters. The number of nitrogens with zero attached hydrogens (tertiary/aromatic N) is 2. The van der Waals surface area contributed by atoms with E-state index in [2.05, 4.69) is 6.07 Å². The van der Waals surface area contributed by atoms with E-state index in [1.165, 1.54) is 5.56 Å². The predicted molar refractivity (Wildman–Crippen MR) is 124 cm³/mol. The molecule has 3 aliphatic heterocycles. The number of carbonyl (C=O) groups is 2. The molecule has 2 aromatic carbocycles. The van der Waals surface area contributed by atoms with Gasteiger partial charge >= 0.3 is 0 Å². The van der Waals surface area contributed by atoms with Gasteiger partial charge in [-0.3, -0.25) is 9.59 Å². The fourth-order valence-corrected chi connectivity index (χ4v) is 5.01. The molecule has 33 heavy (non-hydrogen) atoms. The largest absolute Gasteiger partial charge is 0.493 e. The van der Waals surface area contributed by atoms with Crippen molar-refractivity contribution in [3.05, 3.63) is 53.6 Å². The van der Waals surface area contributed by atoms with E-state index in [-0.39, 0.29) is 30.4 Å². The van der Waals surface area contributed by atoms with E-state index in [1.54, 1.807) is 12.0 Å². The lowest BCUT2D eigenvalue weighted by Crippen LogP contribution is -2.43. The van der Waals surface area contributed by atoms with Gasteiger partial charge in [0, 0.05) is 37.5 Å². The number of amides is 2. The van der Waals surface area contributed by atoms with Gasteiger partial charge in [-0.2, -0.15) is 0 Å². The summed E-state index contributed by atoms with van der Waals surface area (Å²) in [6, 6.07) is 13.9. The highest BCUT2D eigenvalue weighted by Gasteiger charge is 2.34. The first-order valence-corrected chi connectivity index (χ1v) is 11.7. The molecular weight excluding hydrogens is 420 g/mol. The summed E-state index contributed by atoms with van der Waals surface area (Å²) >= 11 is 0. The fourth-order valence-electron chi connectivity index (χ4n) is 5.01. The zero-order chi connectivity index (χ0) is 22.8. The number of carbonyl (C=O) groups excluding carboxylic acids is 2. The van der Waals surface area contributed by atoms with Gasteiger partial charge < -0.3 is 24.0 Å². The van der Waals surface area contributed by atoms with E-state index in [4.69, 9.17) is 14.2 Å². The average Bonchev–Trinajstić information content (AvgIpc) is 3.48. The molecule has 0 bridgehead atoms. The first-order valence-electron chi connectivity index (χ1n) is 11.7. The van der Waals surface area contributed by atoms with Crippen molar-refractivity contribution in [2.24, 2.45) is 0 Å². The molecule has 2 fully saturated rings. The second kappa shape index (κ2) is 9.43. The van der Waals surface area contributed by atoms with Crippen molar-refractivity contribution in [1.29, 1.82) is 0 Å². The number of rotatable bonds is 6. The number of aryl methyl sites for hydroxylation is 1. The van der Waals surface area contributed by atoms with Gasteiger partial charge in [0.25, 0.3) is 0 Å². The smallest absolute Gasteiger partial charge is 0.246 e.